The maximum atomic E-state index is 12.7. The van der Waals surface area contributed by atoms with Gasteiger partial charge < -0.3 is 15.4 Å². The number of carbonyl (C=O) groups excluding carboxylic acids is 1. The van der Waals surface area contributed by atoms with Gasteiger partial charge in [0, 0.05) is 30.5 Å². The highest BCUT2D eigenvalue weighted by molar-refractivity contribution is 7.12. The molecule has 1 saturated heterocycles. The first-order valence-corrected chi connectivity index (χ1v) is 8.27. The van der Waals surface area contributed by atoms with E-state index < -0.39 is 0 Å². The molecule has 1 aromatic carbocycles. The third-order valence-electron chi connectivity index (χ3n) is 4.28. The third kappa shape index (κ3) is 3.68. The molecule has 124 valence electrons. The van der Waals surface area contributed by atoms with Gasteiger partial charge in [0.25, 0.3) is 5.91 Å². The quantitative estimate of drug-likeness (QED) is 0.920. The fourth-order valence-corrected chi connectivity index (χ4v) is 3.87. The molecule has 3 rings (SSSR count). The van der Waals surface area contributed by atoms with Gasteiger partial charge in [-0.3, -0.25) is 4.79 Å². The standard InChI is InChI=1S/C17H20N2O2S.ClH/c1-21-14-7-16(22-11-14)17(20)19-9-13(8-18)15(10-19)12-5-3-2-4-6-12;/h2-7,11,13,15H,8-10,18H2,1H3;1H/t13-,15+;/m1./s1. The molecule has 0 unspecified atom stereocenters. The summed E-state index contributed by atoms with van der Waals surface area (Å²) in [5.41, 5.74) is 7.19. The summed E-state index contributed by atoms with van der Waals surface area (Å²) in [7, 11) is 1.61. The van der Waals surface area contributed by atoms with E-state index in [1.165, 1.54) is 16.9 Å². The lowest BCUT2D eigenvalue weighted by molar-refractivity contribution is 0.0791. The Morgan fingerprint density at radius 3 is 2.70 bits per heavy atom. The van der Waals surface area contributed by atoms with Crippen LogP contribution in [0, 0.1) is 5.92 Å². The van der Waals surface area contributed by atoms with Crippen molar-refractivity contribution in [1.29, 1.82) is 0 Å². The molecule has 0 aliphatic carbocycles. The van der Waals surface area contributed by atoms with Crippen LogP contribution in [-0.4, -0.2) is 37.6 Å². The van der Waals surface area contributed by atoms with Crippen LogP contribution in [0.4, 0.5) is 0 Å². The second kappa shape index (κ2) is 7.81. The maximum Gasteiger partial charge on any atom is 0.264 e. The van der Waals surface area contributed by atoms with Gasteiger partial charge in [0.2, 0.25) is 0 Å². The molecule has 0 bridgehead atoms. The Hall–Kier alpha value is -1.56. The Balaban J connectivity index is 0.00000192. The first-order valence-electron chi connectivity index (χ1n) is 7.39. The largest absolute Gasteiger partial charge is 0.496 e. The molecule has 6 heteroatoms. The minimum Gasteiger partial charge on any atom is -0.496 e. The highest BCUT2D eigenvalue weighted by Gasteiger charge is 2.35. The predicted octanol–water partition coefficient (Wildman–Crippen LogP) is 2.99. The normalized spacial score (nSPS) is 20.2. The molecular weight excluding hydrogens is 332 g/mol. The molecule has 2 heterocycles. The summed E-state index contributed by atoms with van der Waals surface area (Å²) in [4.78, 5) is 15.3. The van der Waals surface area contributed by atoms with E-state index in [1.807, 2.05) is 28.5 Å². The fraction of sp³-hybridized carbons (Fsp3) is 0.353. The number of likely N-dealkylation sites (tertiary alicyclic amines) is 1. The molecule has 1 fully saturated rings. The average Bonchev–Trinajstić information content (AvgIpc) is 3.21. The SMILES string of the molecule is COc1csc(C(=O)N2C[C@@H](CN)[C@H](c3ccccc3)C2)c1.Cl. The zero-order valence-electron chi connectivity index (χ0n) is 13.0. The van der Waals surface area contributed by atoms with Crippen molar-refractivity contribution in [3.63, 3.8) is 0 Å². The van der Waals surface area contributed by atoms with Gasteiger partial charge in [-0.15, -0.1) is 23.7 Å². The topological polar surface area (TPSA) is 55.6 Å². The number of rotatable bonds is 4. The molecular formula is C17H21ClN2O2S. The average molecular weight is 353 g/mol. The van der Waals surface area contributed by atoms with Crippen molar-refractivity contribution in [2.24, 2.45) is 11.7 Å². The summed E-state index contributed by atoms with van der Waals surface area (Å²) >= 11 is 1.43. The summed E-state index contributed by atoms with van der Waals surface area (Å²) in [6.45, 7) is 2.04. The minimum atomic E-state index is 0. The Bertz CT molecular complexity index is 647. The number of carbonyl (C=O) groups is 1. The molecule has 2 N–H and O–H groups in total. The molecule has 4 nitrogen and oxygen atoms in total. The number of thiophene rings is 1. The zero-order valence-corrected chi connectivity index (χ0v) is 14.6. The first kappa shape index (κ1) is 17.8. The number of amides is 1. The second-order valence-electron chi connectivity index (χ2n) is 5.57. The lowest BCUT2D eigenvalue weighted by atomic mass is 9.89. The molecule has 2 atom stereocenters. The van der Waals surface area contributed by atoms with Gasteiger partial charge in [0.1, 0.15) is 5.75 Å². The van der Waals surface area contributed by atoms with E-state index in [9.17, 15) is 4.79 Å². The molecule has 23 heavy (non-hydrogen) atoms. The number of halogens is 1. The van der Waals surface area contributed by atoms with Crippen molar-refractivity contribution in [2.45, 2.75) is 5.92 Å². The van der Waals surface area contributed by atoms with E-state index in [1.54, 1.807) is 13.2 Å². The van der Waals surface area contributed by atoms with Crippen molar-refractivity contribution in [2.75, 3.05) is 26.7 Å². The van der Waals surface area contributed by atoms with E-state index in [0.717, 1.165) is 23.7 Å². The van der Waals surface area contributed by atoms with Crippen LogP contribution in [0.3, 0.4) is 0 Å². The van der Waals surface area contributed by atoms with Crippen LogP contribution in [0.25, 0.3) is 0 Å². The first-order chi connectivity index (χ1) is 10.7. The number of hydrogen-bond donors (Lipinski definition) is 1. The van der Waals surface area contributed by atoms with E-state index in [-0.39, 0.29) is 18.3 Å². The number of nitrogens with two attached hydrogens (primary N) is 1. The van der Waals surface area contributed by atoms with E-state index in [4.69, 9.17) is 10.5 Å². The van der Waals surface area contributed by atoms with Crippen LogP contribution < -0.4 is 10.5 Å². The number of benzene rings is 1. The van der Waals surface area contributed by atoms with Gasteiger partial charge in [0.05, 0.1) is 12.0 Å². The molecule has 1 amide bonds. The summed E-state index contributed by atoms with van der Waals surface area (Å²) in [5, 5.41) is 1.86. The van der Waals surface area contributed by atoms with Crippen LogP contribution >= 0.6 is 23.7 Å². The number of ether oxygens (including phenoxy) is 1. The highest BCUT2D eigenvalue weighted by Crippen LogP contribution is 2.33. The lowest BCUT2D eigenvalue weighted by Gasteiger charge is -2.16. The van der Waals surface area contributed by atoms with Gasteiger partial charge in [-0.1, -0.05) is 30.3 Å². The van der Waals surface area contributed by atoms with Crippen molar-refractivity contribution in [3.8, 4) is 5.75 Å². The maximum absolute atomic E-state index is 12.7. The summed E-state index contributed by atoms with van der Waals surface area (Å²) in [5.74, 6) is 1.44. The van der Waals surface area contributed by atoms with Gasteiger partial charge in [-0.25, -0.2) is 0 Å². The molecule has 0 spiro atoms. The number of hydrogen-bond acceptors (Lipinski definition) is 4. The predicted molar refractivity (Wildman–Crippen MR) is 95.7 cm³/mol. The molecule has 0 saturated carbocycles. The fourth-order valence-electron chi connectivity index (χ4n) is 3.05. The van der Waals surface area contributed by atoms with E-state index >= 15 is 0 Å². The van der Waals surface area contributed by atoms with Crippen molar-refractivity contribution >= 4 is 29.7 Å². The summed E-state index contributed by atoms with van der Waals surface area (Å²) in [6, 6.07) is 12.1. The summed E-state index contributed by atoms with van der Waals surface area (Å²) < 4.78 is 5.16. The Morgan fingerprint density at radius 2 is 2.09 bits per heavy atom. The van der Waals surface area contributed by atoms with Crippen molar-refractivity contribution < 1.29 is 9.53 Å². The molecule has 1 aliphatic rings. The smallest absolute Gasteiger partial charge is 0.264 e. The van der Waals surface area contributed by atoms with Crippen LogP contribution in [0.2, 0.25) is 0 Å². The molecule has 1 aromatic heterocycles. The molecule has 2 aromatic rings. The minimum absolute atomic E-state index is 0. The van der Waals surface area contributed by atoms with Gasteiger partial charge in [0.15, 0.2) is 0 Å². The van der Waals surface area contributed by atoms with E-state index in [0.29, 0.717) is 18.4 Å². The number of nitrogens with zero attached hydrogens (tertiary/aromatic N) is 1. The Morgan fingerprint density at radius 1 is 1.35 bits per heavy atom. The summed E-state index contributed by atoms with van der Waals surface area (Å²) in [6.07, 6.45) is 0. The Labute approximate surface area is 146 Å². The highest BCUT2D eigenvalue weighted by atomic mass is 35.5. The third-order valence-corrected chi connectivity index (χ3v) is 5.18. The monoisotopic (exact) mass is 352 g/mol. The van der Waals surface area contributed by atoms with Gasteiger partial charge in [-0.2, -0.15) is 0 Å². The molecule has 1 aliphatic heterocycles. The Kier molecular flexibility index (Phi) is 6.04. The van der Waals surface area contributed by atoms with E-state index in [2.05, 4.69) is 12.1 Å². The van der Waals surface area contributed by atoms with Crippen LogP contribution in [0.1, 0.15) is 21.2 Å². The lowest BCUT2D eigenvalue weighted by Crippen LogP contribution is -2.29. The molecule has 0 radical (unpaired) electrons. The van der Waals surface area contributed by atoms with Crippen LogP contribution in [0.15, 0.2) is 41.8 Å². The van der Waals surface area contributed by atoms with Crippen molar-refractivity contribution in [1.82, 2.24) is 4.90 Å². The number of methoxy groups -OCH3 is 1. The van der Waals surface area contributed by atoms with Crippen LogP contribution in [0.5, 0.6) is 5.75 Å². The van der Waals surface area contributed by atoms with Gasteiger partial charge in [-0.05, 0) is 18.0 Å². The van der Waals surface area contributed by atoms with Crippen molar-refractivity contribution in [3.05, 3.63) is 52.2 Å². The zero-order chi connectivity index (χ0) is 15.5. The van der Waals surface area contributed by atoms with Gasteiger partial charge >= 0.3 is 0 Å². The second-order valence-corrected chi connectivity index (χ2v) is 6.49. The van der Waals surface area contributed by atoms with Crippen LogP contribution in [-0.2, 0) is 0 Å².